The summed E-state index contributed by atoms with van der Waals surface area (Å²) in [5, 5.41) is 11.7. The maximum absolute atomic E-state index is 12.5. The van der Waals surface area contributed by atoms with Gasteiger partial charge in [-0.15, -0.1) is 0 Å². The maximum atomic E-state index is 12.5. The van der Waals surface area contributed by atoms with Crippen molar-refractivity contribution in [1.82, 2.24) is 0 Å². The van der Waals surface area contributed by atoms with Crippen molar-refractivity contribution in [3.8, 4) is 11.8 Å². The van der Waals surface area contributed by atoms with Gasteiger partial charge < -0.3 is 19.5 Å². The van der Waals surface area contributed by atoms with Crippen molar-refractivity contribution in [2.24, 2.45) is 5.92 Å². The highest BCUT2D eigenvalue weighted by Gasteiger charge is 2.33. The average Bonchev–Trinajstić information content (AvgIpc) is 2.73. The summed E-state index contributed by atoms with van der Waals surface area (Å²) in [6.45, 7) is 3.96. The van der Waals surface area contributed by atoms with Gasteiger partial charge in [0.2, 0.25) is 0 Å². The minimum absolute atomic E-state index is 0.179. The second kappa shape index (κ2) is 9.42. The number of nitriles is 1. The molecule has 0 aliphatic carbocycles. The number of fused-ring (bicyclic) bond motifs is 1. The van der Waals surface area contributed by atoms with Gasteiger partial charge in [0, 0.05) is 29.8 Å². The Labute approximate surface area is 175 Å². The molecule has 2 aromatic carbocycles. The summed E-state index contributed by atoms with van der Waals surface area (Å²) < 4.78 is 16.7. The number of carbonyl (C=O) groups is 2. The van der Waals surface area contributed by atoms with Crippen molar-refractivity contribution in [2.45, 2.75) is 32.5 Å². The van der Waals surface area contributed by atoms with E-state index in [-0.39, 0.29) is 36.4 Å². The van der Waals surface area contributed by atoms with Crippen LogP contribution >= 0.6 is 0 Å². The molecule has 3 rings (SSSR count). The van der Waals surface area contributed by atoms with Crippen LogP contribution in [0.15, 0.2) is 42.5 Å². The van der Waals surface area contributed by atoms with E-state index in [1.165, 1.54) is 0 Å². The number of carbonyl (C=O) groups excluding carboxylic acids is 2. The third-order valence-electron chi connectivity index (χ3n) is 4.78. The molecule has 0 spiro atoms. The number of benzene rings is 2. The molecule has 0 saturated carbocycles. The monoisotopic (exact) mass is 408 g/mol. The number of rotatable bonds is 6. The van der Waals surface area contributed by atoms with Gasteiger partial charge in [-0.25, -0.2) is 0 Å². The molecule has 1 amide bonds. The van der Waals surface area contributed by atoms with Gasteiger partial charge in [0.1, 0.15) is 5.75 Å². The Hall–Kier alpha value is -3.37. The first kappa shape index (κ1) is 21.3. The molecule has 7 heteroatoms. The molecule has 1 aliphatic heterocycles. The van der Waals surface area contributed by atoms with Gasteiger partial charge in [-0.2, -0.15) is 5.26 Å². The van der Waals surface area contributed by atoms with Crippen LogP contribution in [0, 0.1) is 17.2 Å². The van der Waals surface area contributed by atoms with Gasteiger partial charge in [0.15, 0.2) is 0 Å². The van der Waals surface area contributed by atoms with E-state index in [1.807, 2.05) is 6.07 Å². The van der Waals surface area contributed by atoms with Crippen LogP contribution in [0.2, 0.25) is 0 Å². The zero-order chi connectivity index (χ0) is 21.7. The quantitative estimate of drug-likeness (QED) is 0.729. The molecule has 2 atom stereocenters. The SMILES string of the molecule is COC1c2cc(NC(=O)c3ccc(C#N)cc3)ccc2OCC1CC(=O)OC(C)C. The lowest BCUT2D eigenvalue weighted by atomic mass is 9.90. The fourth-order valence-electron chi connectivity index (χ4n) is 3.43. The van der Waals surface area contributed by atoms with Crippen molar-refractivity contribution >= 4 is 17.6 Å². The van der Waals surface area contributed by atoms with Crippen LogP contribution in [0.4, 0.5) is 5.69 Å². The van der Waals surface area contributed by atoms with Gasteiger partial charge in [-0.1, -0.05) is 0 Å². The highest BCUT2D eigenvalue weighted by atomic mass is 16.5. The average molecular weight is 408 g/mol. The first-order valence-electron chi connectivity index (χ1n) is 9.71. The molecule has 2 unspecified atom stereocenters. The zero-order valence-corrected chi connectivity index (χ0v) is 17.2. The second-order valence-electron chi connectivity index (χ2n) is 7.37. The normalized spacial score (nSPS) is 17.4. The number of nitrogens with zero attached hydrogens (tertiary/aromatic N) is 1. The van der Waals surface area contributed by atoms with Gasteiger partial charge >= 0.3 is 5.97 Å². The molecule has 1 aliphatic rings. The number of amides is 1. The minimum Gasteiger partial charge on any atom is -0.493 e. The van der Waals surface area contributed by atoms with Crippen molar-refractivity contribution < 1.29 is 23.8 Å². The Morgan fingerprint density at radius 1 is 1.23 bits per heavy atom. The fraction of sp³-hybridized carbons (Fsp3) is 0.348. The van der Waals surface area contributed by atoms with Crippen molar-refractivity contribution in [1.29, 1.82) is 5.26 Å². The van der Waals surface area contributed by atoms with Crippen molar-refractivity contribution in [2.75, 3.05) is 19.0 Å². The summed E-state index contributed by atoms with van der Waals surface area (Å²) in [6, 6.07) is 13.7. The summed E-state index contributed by atoms with van der Waals surface area (Å²) in [4.78, 5) is 24.6. The maximum Gasteiger partial charge on any atom is 0.306 e. The third-order valence-corrected chi connectivity index (χ3v) is 4.78. The highest BCUT2D eigenvalue weighted by molar-refractivity contribution is 6.04. The molecule has 0 radical (unpaired) electrons. The minimum atomic E-state index is -0.361. The van der Waals surface area contributed by atoms with Crippen LogP contribution in [0.1, 0.15) is 47.9 Å². The molecule has 0 fully saturated rings. The van der Waals surface area contributed by atoms with E-state index in [0.717, 1.165) is 5.56 Å². The Balaban J connectivity index is 1.76. The molecule has 0 aromatic heterocycles. The predicted molar refractivity (Wildman–Crippen MR) is 110 cm³/mol. The van der Waals surface area contributed by atoms with E-state index < -0.39 is 0 Å². The van der Waals surface area contributed by atoms with E-state index in [0.29, 0.717) is 29.2 Å². The lowest BCUT2D eigenvalue weighted by molar-refractivity contribution is -0.150. The number of methoxy groups -OCH3 is 1. The Bertz CT molecular complexity index is 963. The molecule has 0 bridgehead atoms. The highest BCUT2D eigenvalue weighted by Crippen LogP contribution is 2.40. The smallest absolute Gasteiger partial charge is 0.306 e. The van der Waals surface area contributed by atoms with E-state index in [1.54, 1.807) is 63.4 Å². The first-order chi connectivity index (χ1) is 14.4. The van der Waals surface area contributed by atoms with Crippen LogP contribution in [-0.4, -0.2) is 31.7 Å². The van der Waals surface area contributed by atoms with Crippen molar-refractivity contribution in [3.63, 3.8) is 0 Å². The largest absolute Gasteiger partial charge is 0.493 e. The summed E-state index contributed by atoms with van der Waals surface area (Å²) in [7, 11) is 1.59. The number of anilines is 1. The molecule has 2 aromatic rings. The third kappa shape index (κ3) is 4.97. The Kier molecular flexibility index (Phi) is 6.70. The lowest BCUT2D eigenvalue weighted by Gasteiger charge is -2.32. The summed E-state index contributed by atoms with van der Waals surface area (Å²) in [6.07, 6.45) is -0.364. The topological polar surface area (TPSA) is 97.6 Å². The van der Waals surface area contributed by atoms with Gasteiger partial charge in [0.25, 0.3) is 5.91 Å². The van der Waals surface area contributed by atoms with Crippen molar-refractivity contribution in [3.05, 3.63) is 59.2 Å². The Morgan fingerprint density at radius 3 is 2.60 bits per heavy atom. The Morgan fingerprint density at radius 2 is 1.97 bits per heavy atom. The molecular weight excluding hydrogens is 384 g/mol. The first-order valence-corrected chi connectivity index (χ1v) is 9.71. The lowest BCUT2D eigenvalue weighted by Crippen LogP contribution is -2.30. The predicted octanol–water partition coefficient (Wildman–Crippen LogP) is 3.85. The number of ether oxygens (including phenoxy) is 3. The van der Waals surface area contributed by atoms with E-state index in [9.17, 15) is 9.59 Å². The zero-order valence-electron chi connectivity index (χ0n) is 17.2. The van der Waals surface area contributed by atoms with E-state index in [2.05, 4.69) is 5.32 Å². The van der Waals surface area contributed by atoms with Crippen LogP contribution < -0.4 is 10.1 Å². The van der Waals surface area contributed by atoms with Crippen LogP contribution in [0.25, 0.3) is 0 Å². The van der Waals surface area contributed by atoms with Gasteiger partial charge in [-0.3, -0.25) is 9.59 Å². The molecular formula is C23H24N2O5. The van der Waals surface area contributed by atoms with Gasteiger partial charge in [-0.05, 0) is 56.3 Å². The molecule has 1 heterocycles. The number of hydrogen-bond acceptors (Lipinski definition) is 6. The summed E-state index contributed by atoms with van der Waals surface area (Å²) in [5.74, 6) is -0.124. The molecule has 156 valence electrons. The van der Waals surface area contributed by atoms with E-state index in [4.69, 9.17) is 19.5 Å². The van der Waals surface area contributed by atoms with E-state index >= 15 is 0 Å². The van der Waals surface area contributed by atoms with Crippen LogP contribution in [0.3, 0.4) is 0 Å². The molecule has 30 heavy (non-hydrogen) atoms. The number of esters is 1. The number of nitrogens with one attached hydrogen (secondary N) is 1. The molecule has 7 nitrogen and oxygen atoms in total. The fourth-order valence-corrected chi connectivity index (χ4v) is 3.43. The standard InChI is InChI=1S/C23H24N2O5/c1-14(2)30-21(26)10-17-13-29-20-9-8-18(11-19(20)22(17)28-3)25-23(27)16-6-4-15(12-24)5-7-16/h4-9,11,14,17,22H,10,13H2,1-3H3,(H,25,27). The number of hydrogen-bond donors (Lipinski definition) is 1. The molecule has 1 N–H and O–H groups in total. The second-order valence-corrected chi connectivity index (χ2v) is 7.37. The molecule has 0 saturated heterocycles. The summed E-state index contributed by atoms with van der Waals surface area (Å²) >= 11 is 0. The van der Waals surface area contributed by atoms with Crippen LogP contribution in [0.5, 0.6) is 5.75 Å². The van der Waals surface area contributed by atoms with Gasteiger partial charge in [0.05, 0.1) is 36.9 Å². The van der Waals surface area contributed by atoms with Crippen LogP contribution in [-0.2, 0) is 14.3 Å². The summed E-state index contributed by atoms with van der Waals surface area (Å²) in [5.41, 5.74) is 2.28.